The number of hydrogen-bond donors (Lipinski definition) is 2. The summed E-state index contributed by atoms with van der Waals surface area (Å²) in [5.74, 6) is 1.63. The van der Waals surface area contributed by atoms with Crippen molar-refractivity contribution in [1.82, 2.24) is 10.6 Å². The van der Waals surface area contributed by atoms with Crippen LogP contribution in [0, 0.1) is 6.92 Å². The fraction of sp³-hybridized carbons (Fsp3) is 0.350. The van der Waals surface area contributed by atoms with E-state index in [0.717, 1.165) is 17.3 Å². The molecule has 0 fully saturated rings. The van der Waals surface area contributed by atoms with E-state index in [-0.39, 0.29) is 24.0 Å². The molecule has 0 spiro atoms. The van der Waals surface area contributed by atoms with Gasteiger partial charge >= 0.3 is 0 Å². The highest BCUT2D eigenvalue weighted by molar-refractivity contribution is 14.0. The molecule has 0 heterocycles. The summed E-state index contributed by atoms with van der Waals surface area (Å²) in [6.07, 6.45) is 0. The van der Waals surface area contributed by atoms with Gasteiger partial charge in [-0.1, -0.05) is 36.4 Å². The number of guanidine groups is 1. The predicted octanol–water partition coefficient (Wildman–Crippen LogP) is 3.63. The molecular weight excluding hydrogens is 441 g/mol. The zero-order chi connectivity index (χ0) is 18.1. The van der Waals surface area contributed by atoms with Gasteiger partial charge in [0.1, 0.15) is 5.75 Å². The van der Waals surface area contributed by atoms with E-state index in [1.54, 1.807) is 21.3 Å². The number of halogens is 1. The van der Waals surface area contributed by atoms with Crippen molar-refractivity contribution in [2.45, 2.75) is 26.6 Å². The van der Waals surface area contributed by atoms with Gasteiger partial charge in [-0.25, -0.2) is 0 Å². The quantitative estimate of drug-likeness (QED) is 0.370. The summed E-state index contributed by atoms with van der Waals surface area (Å²) in [7, 11) is 5.17. The van der Waals surface area contributed by atoms with Gasteiger partial charge in [0.05, 0.1) is 13.7 Å². The average molecular weight is 469 g/mol. The molecule has 2 aromatic carbocycles. The summed E-state index contributed by atoms with van der Waals surface area (Å²) in [6, 6.07) is 14.4. The van der Waals surface area contributed by atoms with Gasteiger partial charge in [0.15, 0.2) is 5.96 Å². The first-order valence-electron chi connectivity index (χ1n) is 8.31. The number of nitrogens with zero attached hydrogens (tertiary/aromatic N) is 1. The number of hydrogen-bond acceptors (Lipinski definition) is 3. The third-order valence-corrected chi connectivity index (χ3v) is 3.98. The van der Waals surface area contributed by atoms with Crippen molar-refractivity contribution >= 4 is 29.9 Å². The van der Waals surface area contributed by atoms with Crippen LogP contribution >= 0.6 is 24.0 Å². The molecule has 0 saturated carbocycles. The molecular formula is C20H28IN3O2. The van der Waals surface area contributed by atoms with Crippen molar-refractivity contribution < 1.29 is 9.47 Å². The second kappa shape index (κ2) is 11.7. The maximum absolute atomic E-state index is 5.45. The van der Waals surface area contributed by atoms with Crippen LogP contribution in [0.5, 0.6) is 5.75 Å². The Morgan fingerprint density at radius 3 is 2.23 bits per heavy atom. The Kier molecular flexibility index (Phi) is 10.0. The van der Waals surface area contributed by atoms with Crippen LogP contribution in [0.1, 0.15) is 22.3 Å². The van der Waals surface area contributed by atoms with E-state index in [0.29, 0.717) is 19.7 Å². The lowest BCUT2D eigenvalue weighted by atomic mass is 10.1. The number of rotatable bonds is 7. The van der Waals surface area contributed by atoms with Gasteiger partial charge in [-0.3, -0.25) is 4.99 Å². The highest BCUT2D eigenvalue weighted by atomic mass is 127. The van der Waals surface area contributed by atoms with Crippen LogP contribution in [0.4, 0.5) is 0 Å². The minimum absolute atomic E-state index is 0. The maximum atomic E-state index is 5.45. The van der Waals surface area contributed by atoms with Crippen LogP contribution in [0.25, 0.3) is 0 Å². The second-order valence-corrected chi connectivity index (χ2v) is 5.80. The van der Waals surface area contributed by atoms with Crippen molar-refractivity contribution in [3.63, 3.8) is 0 Å². The van der Waals surface area contributed by atoms with Gasteiger partial charge in [-0.05, 0) is 29.7 Å². The highest BCUT2D eigenvalue weighted by Crippen LogP contribution is 2.19. The van der Waals surface area contributed by atoms with E-state index in [9.17, 15) is 0 Å². The summed E-state index contributed by atoms with van der Waals surface area (Å²) in [4.78, 5) is 4.29. The number of nitrogens with one attached hydrogen (secondary N) is 2. The Hall–Kier alpha value is -1.80. The van der Waals surface area contributed by atoms with Crippen molar-refractivity contribution in [3.8, 4) is 5.75 Å². The lowest BCUT2D eigenvalue weighted by molar-refractivity contribution is 0.184. The van der Waals surface area contributed by atoms with E-state index in [4.69, 9.17) is 9.47 Å². The fourth-order valence-corrected chi connectivity index (χ4v) is 2.60. The van der Waals surface area contributed by atoms with E-state index < -0.39 is 0 Å². The van der Waals surface area contributed by atoms with Crippen LogP contribution < -0.4 is 15.4 Å². The molecule has 2 N–H and O–H groups in total. The van der Waals surface area contributed by atoms with Crippen molar-refractivity contribution in [2.75, 3.05) is 21.3 Å². The number of aryl methyl sites for hydroxylation is 1. The summed E-state index contributed by atoms with van der Waals surface area (Å²) < 4.78 is 10.7. The first kappa shape index (κ1) is 22.2. The van der Waals surface area contributed by atoms with Crippen LogP contribution in [0.2, 0.25) is 0 Å². The second-order valence-electron chi connectivity index (χ2n) is 5.80. The smallest absolute Gasteiger partial charge is 0.191 e. The summed E-state index contributed by atoms with van der Waals surface area (Å²) >= 11 is 0. The molecule has 0 atom stereocenters. The van der Waals surface area contributed by atoms with E-state index >= 15 is 0 Å². The molecule has 0 amide bonds. The van der Waals surface area contributed by atoms with Crippen molar-refractivity contribution in [3.05, 3.63) is 64.7 Å². The van der Waals surface area contributed by atoms with Crippen LogP contribution in [0.3, 0.4) is 0 Å². The molecule has 0 aliphatic rings. The first-order chi connectivity index (χ1) is 12.2. The standard InChI is InChI=1S/C20H27N3O2.HI/c1-15-9-10-17(19(11-15)25-4)13-23-20(21-2)22-12-16-7-5-6-8-18(16)14-24-3;/h5-11H,12-14H2,1-4H3,(H2,21,22,23);1H. The molecule has 0 unspecified atom stereocenters. The molecule has 6 heteroatoms. The van der Waals surface area contributed by atoms with Gasteiger partial charge in [0.2, 0.25) is 0 Å². The van der Waals surface area contributed by atoms with Gasteiger partial charge < -0.3 is 20.1 Å². The van der Waals surface area contributed by atoms with Gasteiger partial charge in [0.25, 0.3) is 0 Å². The molecule has 26 heavy (non-hydrogen) atoms. The Labute approximate surface area is 173 Å². The SMILES string of the molecule is CN=C(NCc1ccccc1COC)NCc1ccc(C)cc1OC.I. The molecule has 2 aromatic rings. The van der Waals surface area contributed by atoms with E-state index in [1.807, 2.05) is 18.2 Å². The van der Waals surface area contributed by atoms with E-state index in [2.05, 4.69) is 46.8 Å². The van der Waals surface area contributed by atoms with Gasteiger partial charge in [-0.2, -0.15) is 0 Å². The van der Waals surface area contributed by atoms with Crippen molar-refractivity contribution in [1.29, 1.82) is 0 Å². The topological polar surface area (TPSA) is 54.9 Å². The van der Waals surface area contributed by atoms with Crippen LogP contribution in [-0.2, 0) is 24.4 Å². The van der Waals surface area contributed by atoms with Gasteiger partial charge in [-0.15, -0.1) is 24.0 Å². The maximum Gasteiger partial charge on any atom is 0.191 e. The molecule has 0 aliphatic heterocycles. The predicted molar refractivity (Wildman–Crippen MR) is 117 cm³/mol. The Bertz CT molecular complexity index is 720. The normalized spacial score (nSPS) is 10.8. The summed E-state index contributed by atoms with van der Waals surface area (Å²) in [6.45, 7) is 3.98. The first-order valence-corrected chi connectivity index (χ1v) is 8.31. The molecule has 0 aliphatic carbocycles. The highest BCUT2D eigenvalue weighted by Gasteiger charge is 2.06. The lowest BCUT2D eigenvalue weighted by Gasteiger charge is -2.15. The molecule has 0 aromatic heterocycles. The molecule has 0 radical (unpaired) electrons. The zero-order valence-electron chi connectivity index (χ0n) is 15.8. The van der Waals surface area contributed by atoms with Crippen molar-refractivity contribution in [2.24, 2.45) is 4.99 Å². The molecule has 2 rings (SSSR count). The summed E-state index contributed by atoms with van der Waals surface area (Å²) in [5, 5.41) is 6.68. The molecule has 0 saturated heterocycles. The minimum Gasteiger partial charge on any atom is -0.496 e. The Morgan fingerprint density at radius 1 is 0.962 bits per heavy atom. The molecule has 5 nitrogen and oxygen atoms in total. The number of methoxy groups -OCH3 is 2. The number of ether oxygens (including phenoxy) is 2. The van der Waals surface area contributed by atoms with Gasteiger partial charge in [0, 0.05) is 32.8 Å². The number of benzene rings is 2. The molecule has 0 bridgehead atoms. The summed E-state index contributed by atoms with van der Waals surface area (Å²) in [5.41, 5.74) is 4.64. The number of aliphatic imine (C=N–C) groups is 1. The van der Waals surface area contributed by atoms with Crippen LogP contribution in [-0.4, -0.2) is 27.2 Å². The average Bonchev–Trinajstić information content (AvgIpc) is 2.64. The largest absolute Gasteiger partial charge is 0.496 e. The lowest BCUT2D eigenvalue weighted by Crippen LogP contribution is -2.36. The Balaban J connectivity index is 0.00000338. The zero-order valence-corrected chi connectivity index (χ0v) is 18.2. The van der Waals surface area contributed by atoms with E-state index in [1.165, 1.54) is 16.7 Å². The minimum atomic E-state index is 0. The Morgan fingerprint density at radius 2 is 1.62 bits per heavy atom. The van der Waals surface area contributed by atoms with Crippen LogP contribution in [0.15, 0.2) is 47.5 Å². The third-order valence-electron chi connectivity index (χ3n) is 3.98. The molecule has 142 valence electrons. The third kappa shape index (κ3) is 6.49. The monoisotopic (exact) mass is 469 g/mol. The fourth-order valence-electron chi connectivity index (χ4n) is 2.60.